The van der Waals surface area contributed by atoms with Crippen molar-refractivity contribution in [1.29, 1.82) is 0 Å². The lowest BCUT2D eigenvalue weighted by Crippen LogP contribution is -2.44. The van der Waals surface area contributed by atoms with E-state index in [1.54, 1.807) is 23.1 Å². The molecule has 0 bridgehead atoms. The first-order chi connectivity index (χ1) is 18.9. The van der Waals surface area contributed by atoms with E-state index < -0.39 is 5.91 Å². The number of nitrogens with one attached hydrogen (secondary N) is 1. The number of ether oxygens (including phenoxy) is 1. The normalized spacial score (nSPS) is 16.4. The topological polar surface area (TPSA) is 109 Å². The fourth-order valence-electron chi connectivity index (χ4n) is 5.53. The third-order valence-corrected chi connectivity index (χ3v) is 7.69. The number of hydrogen-bond acceptors (Lipinski definition) is 6. The van der Waals surface area contributed by atoms with Crippen LogP contribution in [0.25, 0.3) is 11.0 Å². The Morgan fingerprint density at radius 2 is 1.82 bits per heavy atom. The van der Waals surface area contributed by atoms with Crippen LogP contribution in [0.3, 0.4) is 0 Å². The summed E-state index contributed by atoms with van der Waals surface area (Å²) < 4.78 is 10.9. The summed E-state index contributed by atoms with van der Waals surface area (Å²) in [5.41, 5.74) is 2.26. The SMILES string of the molecule is COc1cccc2c(=O)cc(C(=O)NCC(=O)N3CCC(c4ccccc4CN4CCCCC4=O)CC3)oc12. The number of benzene rings is 2. The van der Waals surface area contributed by atoms with Crippen molar-refractivity contribution < 1.29 is 23.5 Å². The minimum atomic E-state index is -0.635. The maximum absolute atomic E-state index is 12.9. The van der Waals surface area contributed by atoms with Crippen LogP contribution in [-0.2, 0) is 16.1 Å². The highest BCUT2D eigenvalue weighted by atomic mass is 16.5. The van der Waals surface area contributed by atoms with Crippen LogP contribution in [0.5, 0.6) is 5.75 Å². The zero-order chi connectivity index (χ0) is 27.4. The molecule has 204 valence electrons. The molecule has 1 N–H and O–H groups in total. The minimum Gasteiger partial charge on any atom is -0.493 e. The van der Waals surface area contributed by atoms with Crippen molar-refractivity contribution in [3.63, 3.8) is 0 Å². The van der Waals surface area contributed by atoms with Gasteiger partial charge in [-0.3, -0.25) is 19.2 Å². The summed E-state index contributed by atoms with van der Waals surface area (Å²) in [5, 5.41) is 2.90. The number of para-hydroxylation sites is 1. The number of fused-ring (bicyclic) bond motifs is 1. The fourth-order valence-corrected chi connectivity index (χ4v) is 5.53. The van der Waals surface area contributed by atoms with Crippen LogP contribution in [0.4, 0.5) is 0 Å². The summed E-state index contributed by atoms with van der Waals surface area (Å²) in [6, 6.07) is 14.3. The molecule has 3 amide bonds. The summed E-state index contributed by atoms with van der Waals surface area (Å²) in [4.78, 5) is 54.1. The molecule has 3 heterocycles. The van der Waals surface area contributed by atoms with Gasteiger partial charge in [0.2, 0.25) is 11.8 Å². The van der Waals surface area contributed by atoms with Crippen LogP contribution in [-0.4, -0.2) is 60.8 Å². The molecule has 0 radical (unpaired) electrons. The Balaban J connectivity index is 1.17. The van der Waals surface area contributed by atoms with Gasteiger partial charge in [-0.2, -0.15) is 0 Å². The van der Waals surface area contributed by atoms with Crippen molar-refractivity contribution in [2.45, 2.75) is 44.6 Å². The van der Waals surface area contributed by atoms with Crippen LogP contribution >= 0.6 is 0 Å². The molecular weight excluding hydrogens is 498 g/mol. The minimum absolute atomic E-state index is 0.174. The molecule has 0 aliphatic carbocycles. The van der Waals surface area contributed by atoms with Crippen molar-refractivity contribution in [1.82, 2.24) is 15.1 Å². The molecule has 0 spiro atoms. The molecule has 2 fully saturated rings. The molecule has 9 heteroatoms. The number of amides is 3. The number of carbonyl (C=O) groups is 3. The van der Waals surface area contributed by atoms with E-state index in [0.717, 1.165) is 38.3 Å². The van der Waals surface area contributed by atoms with Crippen LogP contribution in [0.15, 0.2) is 57.7 Å². The smallest absolute Gasteiger partial charge is 0.287 e. The largest absolute Gasteiger partial charge is 0.493 e. The van der Waals surface area contributed by atoms with E-state index in [9.17, 15) is 19.2 Å². The van der Waals surface area contributed by atoms with E-state index in [-0.39, 0.29) is 35.1 Å². The van der Waals surface area contributed by atoms with E-state index in [1.165, 1.54) is 18.2 Å². The standard InChI is InChI=1S/C30H33N3O6/c1-38-25-10-6-9-23-24(34)17-26(39-29(23)25)30(37)31-18-28(36)32-15-12-20(13-16-32)22-8-3-2-7-21(22)19-33-14-5-4-11-27(33)35/h2-3,6-10,17,20H,4-5,11-16,18-19H2,1H3,(H,31,37). The highest BCUT2D eigenvalue weighted by Crippen LogP contribution is 2.31. The fraction of sp³-hybridized carbons (Fsp3) is 0.400. The Kier molecular flexibility index (Phi) is 7.95. The second-order valence-corrected chi connectivity index (χ2v) is 10.1. The van der Waals surface area contributed by atoms with Gasteiger partial charge in [-0.15, -0.1) is 0 Å². The Bertz CT molecular complexity index is 1440. The second kappa shape index (κ2) is 11.7. The summed E-state index contributed by atoms with van der Waals surface area (Å²) in [6.07, 6.45) is 4.26. The van der Waals surface area contributed by atoms with Gasteiger partial charge in [0, 0.05) is 38.7 Å². The van der Waals surface area contributed by atoms with Gasteiger partial charge in [-0.1, -0.05) is 30.3 Å². The quantitative estimate of drug-likeness (QED) is 0.500. The Hall–Kier alpha value is -4.14. The summed E-state index contributed by atoms with van der Waals surface area (Å²) >= 11 is 0. The zero-order valence-corrected chi connectivity index (χ0v) is 22.1. The zero-order valence-electron chi connectivity index (χ0n) is 22.1. The molecule has 5 rings (SSSR count). The number of rotatable bonds is 7. The second-order valence-electron chi connectivity index (χ2n) is 10.1. The molecule has 9 nitrogen and oxygen atoms in total. The molecule has 3 aromatic rings. The number of nitrogens with zero attached hydrogens (tertiary/aromatic N) is 2. The Morgan fingerprint density at radius 3 is 2.59 bits per heavy atom. The van der Waals surface area contributed by atoms with E-state index in [0.29, 0.717) is 43.1 Å². The Morgan fingerprint density at radius 1 is 1.03 bits per heavy atom. The van der Waals surface area contributed by atoms with Crippen molar-refractivity contribution >= 4 is 28.7 Å². The van der Waals surface area contributed by atoms with Gasteiger partial charge >= 0.3 is 0 Å². The molecular formula is C30H33N3O6. The average molecular weight is 532 g/mol. The molecule has 39 heavy (non-hydrogen) atoms. The van der Waals surface area contributed by atoms with Gasteiger partial charge < -0.3 is 24.3 Å². The number of methoxy groups -OCH3 is 1. The highest BCUT2D eigenvalue weighted by molar-refractivity contribution is 5.96. The van der Waals surface area contributed by atoms with E-state index in [4.69, 9.17) is 9.15 Å². The van der Waals surface area contributed by atoms with Crippen molar-refractivity contribution in [2.24, 2.45) is 0 Å². The van der Waals surface area contributed by atoms with Gasteiger partial charge in [0.1, 0.15) is 0 Å². The predicted octanol–water partition coefficient (Wildman–Crippen LogP) is 3.45. The van der Waals surface area contributed by atoms with Gasteiger partial charge in [-0.05, 0) is 54.9 Å². The lowest BCUT2D eigenvalue weighted by molar-refractivity contribution is -0.134. The van der Waals surface area contributed by atoms with Crippen LogP contribution < -0.4 is 15.5 Å². The van der Waals surface area contributed by atoms with Gasteiger partial charge in [0.05, 0.1) is 19.0 Å². The molecule has 0 atom stereocenters. The first-order valence-corrected chi connectivity index (χ1v) is 13.5. The average Bonchev–Trinajstić information content (AvgIpc) is 2.97. The number of carbonyl (C=O) groups excluding carboxylic acids is 3. The van der Waals surface area contributed by atoms with Crippen molar-refractivity contribution in [2.75, 3.05) is 33.3 Å². The first-order valence-electron chi connectivity index (χ1n) is 13.5. The van der Waals surface area contributed by atoms with Crippen LogP contribution in [0.1, 0.15) is 59.7 Å². The summed E-state index contributed by atoms with van der Waals surface area (Å²) in [6.45, 7) is 2.42. The molecule has 0 saturated carbocycles. The Labute approximate surface area is 226 Å². The van der Waals surface area contributed by atoms with E-state index in [1.807, 2.05) is 17.0 Å². The molecule has 2 aromatic carbocycles. The van der Waals surface area contributed by atoms with E-state index in [2.05, 4.69) is 17.4 Å². The maximum atomic E-state index is 12.9. The lowest BCUT2D eigenvalue weighted by atomic mass is 9.86. The number of hydrogen-bond donors (Lipinski definition) is 1. The molecule has 0 unspecified atom stereocenters. The van der Waals surface area contributed by atoms with Crippen molar-refractivity contribution in [3.05, 3.63) is 75.6 Å². The first kappa shape index (κ1) is 26.5. The molecule has 2 aliphatic rings. The summed E-state index contributed by atoms with van der Waals surface area (Å²) in [7, 11) is 1.46. The van der Waals surface area contributed by atoms with Crippen molar-refractivity contribution in [3.8, 4) is 5.75 Å². The maximum Gasteiger partial charge on any atom is 0.287 e. The van der Waals surface area contributed by atoms with Crippen LogP contribution in [0, 0.1) is 0 Å². The van der Waals surface area contributed by atoms with Crippen LogP contribution in [0.2, 0.25) is 0 Å². The number of piperidine rings is 2. The van der Waals surface area contributed by atoms with Gasteiger partial charge in [-0.25, -0.2) is 0 Å². The van der Waals surface area contributed by atoms with Gasteiger partial charge in [0.15, 0.2) is 22.5 Å². The lowest BCUT2D eigenvalue weighted by Gasteiger charge is -2.34. The van der Waals surface area contributed by atoms with Gasteiger partial charge in [0.25, 0.3) is 5.91 Å². The third-order valence-electron chi connectivity index (χ3n) is 7.69. The highest BCUT2D eigenvalue weighted by Gasteiger charge is 2.27. The summed E-state index contributed by atoms with van der Waals surface area (Å²) in [5.74, 6) is -0.115. The molecule has 2 aliphatic heterocycles. The number of likely N-dealkylation sites (tertiary alicyclic amines) is 2. The third kappa shape index (κ3) is 5.82. The monoisotopic (exact) mass is 531 g/mol. The van der Waals surface area contributed by atoms with E-state index >= 15 is 0 Å². The predicted molar refractivity (Wildman–Crippen MR) is 146 cm³/mol. The molecule has 2 saturated heterocycles. The molecule has 1 aromatic heterocycles.